The van der Waals surface area contributed by atoms with Gasteiger partial charge in [0.2, 0.25) is 0 Å². The minimum atomic E-state index is 0.715. The first kappa shape index (κ1) is 12.2. The van der Waals surface area contributed by atoms with Crippen LogP contribution < -0.4 is 5.32 Å². The van der Waals surface area contributed by atoms with Crippen LogP contribution in [0.2, 0.25) is 0 Å². The molecule has 1 unspecified atom stereocenters. The summed E-state index contributed by atoms with van der Waals surface area (Å²) in [6.45, 7) is 4.01. The van der Waals surface area contributed by atoms with E-state index < -0.39 is 0 Å². The Labute approximate surface area is 110 Å². The van der Waals surface area contributed by atoms with Gasteiger partial charge in [-0.25, -0.2) is 0 Å². The molecule has 2 aliphatic rings. The van der Waals surface area contributed by atoms with Crippen molar-refractivity contribution in [2.24, 2.45) is 5.92 Å². The van der Waals surface area contributed by atoms with Crippen LogP contribution in [0.1, 0.15) is 42.7 Å². The molecule has 1 aliphatic carbocycles. The van der Waals surface area contributed by atoms with E-state index >= 15 is 0 Å². The molecule has 0 amide bonds. The first-order valence-corrected chi connectivity index (χ1v) is 7.30. The fraction of sp³-hybridized carbons (Fsp3) is 0.625. The molecule has 1 saturated heterocycles. The van der Waals surface area contributed by atoms with Gasteiger partial charge in [-0.05, 0) is 48.6 Å². The number of benzene rings is 1. The van der Waals surface area contributed by atoms with Crippen LogP contribution in [0.3, 0.4) is 0 Å². The van der Waals surface area contributed by atoms with Gasteiger partial charge in [-0.3, -0.25) is 0 Å². The van der Waals surface area contributed by atoms with E-state index in [1.165, 1.54) is 31.2 Å². The van der Waals surface area contributed by atoms with E-state index in [0.29, 0.717) is 5.92 Å². The molecule has 2 nitrogen and oxygen atoms in total. The quantitative estimate of drug-likeness (QED) is 0.860. The largest absolute Gasteiger partial charge is 0.381 e. The molecule has 1 aliphatic heterocycles. The SMILES string of the molecule is c1ccc(C2CC2)c(CNCC2CCCOC2)c1. The number of ether oxygens (including phenoxy) is 1. The molecule has 18 heavy (non-hydrogen) atoms. The summed E-state index contributed by atoms with van der Waals surface area (Å²) in [5.41, 5.74) is 3.07. The number of hydrogen-bond acceptors (Lipinski definition) is 2. The monoisotopic (exact) mass is 245 g/mol. The molecule has 0 spiro atoms. The molecule has 2 fully saturated rings. The van der Waals surface area contributed by atoms with Gasteiger partial charge in [-0.2, -0.15) is 0 Å². The van der Waals surface area contributed by atoms with Crippen molar-refractivity contribution in [3.8, 4) is 0 Å². The van der Waals surface area contributed by atoms with Crippen LogP contribution in [-0.4, -0.2) is 19.8 Å². The maximum atomic E-state index is 5.52. The summed E-state index contributed by atoms with van der Waals surface area (Å²) in [4.78, 5) is 0. The number of rotatable bonds is 5. The lowest BCUT2D eigenvalue weighted by atomic mass is 10.0. The Balaban J connectivity index is 1.50. The van der Waals surface area contributed by atoms with Crippen LogP contribution in [0, 0.1) is 5.92 Å². The van der Waals surface area contributed by atoms with Crippen molar-refractivity contribution in [1.29, 1.82) is 0 Å². The molecule has 0 aromatic heterocycles. The van der Waals surface area contributed by atoms with Crippen molar-refractivity contribution in [3.05, 3.63) is 35.4 Å². The van der Waals surface area contributed by atoms with Crippen molar-refractivity contribution in [1.82, 2.24) is 5.32 Å². The van der Waals surface area contributed by atoms with Gasteiger partial charge in [0.1, 0.15) is 0 Å². The van der Waals surface area contributed by atoms with Crippen molar-refractivity contribution < 1.29 is 4.74 Å². The highest BCUT2D eigenvalue weighted by atomic mass is 16.5. The molecule has 1 heterocycles. The van der Waals surface area contributed by atoms with E-state index in [1.807, 2.05) is 0 Å². The van der Waals surface area contributed by atoms with Gasteiger partial charge in [0.15, 0.2) is 0 Å². The highest BCUT2D eigenvalue weighted by Crippen LogP contribution is 2.41. The fourth-order valence-electron chi connectivity index (χ4n) is 2.87. The topological polar surface area (TPSA) is 21.3 Å². The number of hydrogen-bond donors (Lipinski definition) is 1. The Morgan fingerprint density at radius 3 is 2.83 bits per heavy atom. The highest BCUT2D eigenvalue weighted by molar-refractivity contribution is 5.33. The smallest absolute Gasteiger partial charge is 0.0506 e. The van der Waals surface area contributed by atoms with Gasteiger partial charge < -0.3 is 10.1 Å². The standard InChI is InChI=1S/C16H23NO/c1-2-6-16(14-7-8-14)15(5-1)11-17-10-13-4-3-9-18-12-13/h1-2,5-6,13-14,17H,3-4,7-12H2. The van der Waals surface area contributed by atoms with E-state index in [1.54, 1.807) is 5.56 Å². The third-order valence-electron chi connectivity index (χ3n) is 4.08. The normalized spacial score (nSPS) is 24.1. The summed E-state index contributed by atoms with van der Waals surface area (Å²) in [6.07, 6.45) is 5.31. The van der Waals surface area contributed by atoms with E-state index in [4.69, 9.17) is 4.74 Å². The van der Waals surface area contributed by atoms with Gasteiger partial charge in [0.25, 0.3) is 0 Å². The van der Waals surface area contributed by atoms with E-state index in [2.05, 4.69) is 29.6 Å². The predicted molar refractivity (Wildman–Crippen MR) is 73.7 cm³/mol. The first-order chi connectivity index (χ1) is 8.93. The zero-order valence-electron chi connectivity index (χ0n) is 11.0. The molecule has 3 rings (SSSR count). The Bertz CT molecular complexity index is 380. The van der Waals surface area contributed by atoms with Crippen molar-refractivity contribution >= 4 is 0 Å². The Morgan fingerprint density at radius 2 is 2.06 bits per heavy atom. The molecule has 98 valence electrons. The van der Waals surface area contributed by atoms with Crippen LogP contribution >= 0.6 is 0 Å². The summed E-state index contributed by atoms with van der Waals surface area (Å²) in [5, 5.41) is 3.61. The van der Waals surface area contributed by atoms with Crippen molar-refractivity contribution in [2.45, 2.75) is 38.1 Å². The lowest BCUT2D eigenvalue weighted by molar-refractivity contribution is 0.0547. The highest BCUT2D eigenvalue weighted by Gasteiger charge is 2.25. The molecular formula is C16H23NO. The second kappa shape index (κ2) is 5.85. The van der Waals surface area contributed by atoms with Crippen molar-refractivity contribution in [2.75, 3.05) is 19.8 Å². The van der Waals surface area contributed by atoms with E-state index in [-0.39, 0.29) is 0 Å². The van der Waals surface area contributed by atoms with Crippen molar-refractivity contribution in [3.63, 3.8) is 0 Å². The van der Waals surface area contributed by atoms with E-state index in [0.717, 1.165) is 32.2 Å². The molecule has 1 aromatic rings. The van der Waals surface area contributed by atoms with Gasteiger partial charge in [0, 0.05) is 19.7 Å². The molecule has 1 atom stereocenters. The zero-order chi connectivity index (χ0) is 12.2. The molecule has 1 aromatic carbocycles. The summed E-state index contributed by atoms with van der Waals surface area (Å²) in [5.74, 6) is 1.56. The average molecular weight is 245 g/mol. The van der Waals surface area contributed by atoms with E-state index in [9.17, 15) is 0 Å². The van der Waals surface area contributed by atoms with Gasteiger partial charge in [-0.15, -0.1) is 0 Å². The predicted octanol–water partition coefficient (Wildman–Crippen LogP) is 3.08. The lowest BCUT2D eigenvalue weighted by Crippen LogP contribution is -2.29. The van der Waals surface area contributed by atoms with Crippen LogP contribution in [0.15, 0.2) is 24.3 Å². The molecule has 1 saturated carbocycles. The summed E-state index contributed by atoms with van der Waals surface area (Å²) >= 11 is 0. The second-order valence-electron chi connectivity index (χ2n) is 5.69. The molecule has 0 radical (unpaired) electrons. The Morgan fingerprint density at radius 1 is 1.17 bits per heavy atom. The lowest BCUT2D eigenvalue weighted by Gasteiger charge is -2.22. The maximum absolute atomic E-state index is 5.52. The minimum absolute atomic E-state index is 0.715. The maximum Gasteiger partial charge on any atom is 0.0506 e. The van der Waals surface area contributed by atoms with Gasteiger partial charge in [0.05, 0.1) is 6.61 Å². The average Bonchev–Trinajstić information content (AvgIpc) is 3.25. The third kappa shape index (κ3) is 3.12. The van der Waals surface area contributed by atoms with Crippen LogP contribution in [0.5, 0.6) is 0 Å². The molecule has 0 bridgehead atoms. The Kier molecular flexibility index (Phi) is 3.96. The van der Waals surface area contributed by atoms with Gasteiger partial charge in [-0.1, -0.05) is 24.3 Å². The number of nitrogens with one attached hydrogen (secondary N) is 1. The Hall–Kier alpha value is -0.860. The van der Waals surface area contributed by atoms with Crippen LogP contribution in [-0.2, 0) is 11.3 Å². The van der Waals surface area contributed by atoms with Crippen LogP contribution in [0.4, 0.5) is 0 Å². The first-order valence-electron chi connectivity index (χ1n) is 7.30. The molecular weight excluding hydrogens is 222 g/mol. The summed E-state index contributed by atoms with van der Waals surface area (Å²) in [7, 11) is 0. The fourth-order valence-corrected chi connectivity index (χ4v) is 2.87. The minimum Gasteiger partial charge on any atom is -0.381 e. The summed E-state index contributed by atoms with van der Waals surface area (Å²) < 4.78 is 5.52. The third-order valence-corrected chi connectivity index (χ3v) is 4.08. The van der Waals surface area contributed by atoms with Crippen LogP contribution in [0.25, 0.3) is 0 Å². The molecule has 2 heteroatoms. The second-order valence-corrected chi connectivity index (χ2v) is 5.69. The van der Waals surface area contributed by atoms with Gasteiger partial charge >= 0.3 is 0 Å². The zero-order valence-corrected chi connectivity index (χ0v) is 11.0. The molecule has 1 N–H and O–H groups in total. The summed E-state index contributed by atoms with van der Waals surface area (Å²) in [6, 6.07) is 8.91.